The second kappa shape index (κ2) is 9.85. The summed E-state index contributed by atoms with van der Waals surface area (Å²) >= 11 is 0. The highest BCUT2D eigenvalue weighted by Gasteiger charge is 2.23. The van der Waals surface area contributed by atoms with E-state index >= 15 is 0 Å². The van der Waals surface area contributed by atoms with Gasteiger partial charge in [-0.05, 0) is 42.4 Å². The van der Waals surface area contributed by atoms with Crippen LogP contribution in [0.15, 0.2) is 73.3 Å². The summed E-state index contributed by atoms with van der Waals surface area (Å²) in [6.45, 7) is 2.98. The SMILES string of the molecule is CCOC(=O)c1cnn(-c2nc(OCc3ccccc3)c3ncn(Cc4cccc(C5CC5)c4)c3n2)c1. The average Bonchev–Trinajstić information content (AvgIpc) is 3.52. The van der Waals surface area contributed by atoms with Gasteiger partial charge in [0.2, 0.25) is 5.88 Å². The van der Waals surface area contributed by atoms with Gasteiger partial charge in [-0.25, -0.2) is 14.5 Å². The number of aromatic nitrogens is 6. The third kappa shape index (κ3) is 4.93. The minimum absolute atomic E-state index is 0.277. The van der Waals surface area contributed by atoms with Crippen LogP contribution in [0.25, 0.3) is 17.1 Å². The Morgan fingerprint density at radius 3 is 2.70 bits per heavy atom. The van der Waals surface area contributed by atoms with Crippen molar-refractivity contribution in [1.29, 1.82) is 0 Å². The van der Waals surface area contributed by atoms with Crippen molar-refractivity contribution in [1.82, 2.24) is 29.3 Å². The number of nitrogens with zero attached hydrogens (tertiary/aromatic N) is 6. The van der Waals surface area contributed by atoms with Crippen molar-refractivity contribution in [2.24, 2.45) is 0 Å². The van der Waals surface area contributed by atoms with Gasteiger partial charge in [0.05, 0.1) is 31.2 Å². The lowest BCUT2D eigenvalue weighted by molar-refractivity contribution is 0.0526. The van der Waals surface area contributed by atoms with Gasteiger partial charge in [-0.3, -0.25) is 0 Å². The Labute approximate surface area is 213 Å². The Morgan fingerprint density at radius 1 is 1.05 bits per heavy atom. The van der Waals surface area contributed by atoms with E-state index in [0.29, 0.717) is 41.7 Å². The molecule has 1 saturated carbocycles. The maximum absolute atomic E-state index is 12.2. The predicted molar refractivity (Wildman–Crippen MR) is 137 cm³/mol. The number of hydrogen-bond acceptors (Lipinski definition) is 7. The number of esters is 1. The molecule has 5 aromatic rings. The van der Waals surface area contributed by atoms with Gasteiger partial charge in [0.15, 0.2) is 11.2 Å². The van der Waals surface area contributed by atoms with Crippen LogP contribution in [0.1, 0.15) is 52.7 Å². The summed E-state index contributed by atoms with van der Waals surface area (Å²) < 4.78 is 14.6. The number of rotatable bonds is 9. The van der Waals surface area contributed by atoms with Crippen molar-refractivity contribution in [2.75, 3.05) is 6.61 Å². The van der Waals surface area contributed by atoms with Crippen molar-refractivity contribution in [3.8, 4) is 11.8 Å². The monoisotopic (exact) mass is 494 g/mol. The fraction of sp³-hybridized carbons (Fsp3) is 0.250. The van der Waals surface area contributed by atoms with Crippen LogP contribution in [0, 0.1) is 0 Å². The highest BCUT2D eigenvalue weighted by atomic mass is 16.5. The minimum Gasteiger partial charge on any atom is -0.471 e. The smallest absolute Gasteiger partial charge is 0.341 e. The van der Waals surface area contributed by atoms with E-state index in [1.165, 1.54) is 34.8 Å². The molecule has 0 radical (unpaired) electrons. The van der Waals surface area contributed by atoms with Crippen molar-refractivity contribution in [3.63, 3.8) is 0 Å². The van der Waals surface area contributed by atoms with Gasteiger partial charge in [-0.15, -0.1) is 0 Å². The molecule has 0 N–H and O–H groups in total. The fourth-order valence-electron chi connectivity index (χ4n) is 4.26. The van der Waals surface area contributed by atoms with Gasteiger partial charge < -0.3 is 14.0 Å². The largest absolute Gasteiger partial charge is 0.471 e. The maximum Gasteiger partial charge on any atom is 0.341 e. The van der Waals surface area contributed by atoms with Gasteiger partial charge >= 0.3 is 5.97 Å². The first-order valence-electron chi connectivity index (χ1n) is 12.4. The number of fused-ring (bicyclic) bond motifs is 1. The second-order valence-corrected chi connectivity index (χ2v) is 9.06. The van der Waals surface area contributed by atoms with E-state index in [0.717, 1.165) is 5.56 Å². The molecule has 0 atom stereocenters. The zero-order valence-corrected chi connectivity index (χ0v) is 20.4. The molecule has 6 rings (SSSR count). The zero-order chi connectivity index (χ0) is 25.2. The predicted octanol–water partition coefficient (Wildman–Crippen LogP) is 4.69. The van der Waals surface area contributed by atoms with Crippen molar-refractivity contribution < 1.29 is 14.3 Å². The lowest BCUT2D eigenvalue weighted by Crippen LogP contribution is -2.08. The Bertz CT molecular complexity index is 1560. The Hall–Kier alpha value is -4.53. The van der Waals surface area contributed by atoms with E-state index in [1.54, 1.807) is 19.4 Å². The average molecular weight is 495 g/mol. The summed E-state index contributed by atoms with van der Waals surface area (Å²) in [5, 5.41) is 4.30. The first kappa shape index (κ1) is 22.9. The molecule has 1 aliphatic rings. The molecular weight excluding hydrogens is 468 g/mol. The number of carbonyl (C=O) groups excluding carboxylic acids is 1. The number of ether oxygens (including phenoxy) is 2. The van der Waals surface area contributed by atoms with Crippen LogP contribution in [-0.4, -0.2) is 41.9 Å². The maximum atomic E-state index is 12.2. The summed E-state index contributed by atoms with van der Waals surface area (Å²) in [7, 11) is 0. The number of carbonyl (C=O) groups is 1. The van der Waals surface area contributed by atoms with Gasteiger partial charge in [-0.1, -0.05) is 54.6 Å². The Morgan fingerprint density at radius 2 is 1.89 bits per heavy atom. The minimum atomic E-state index is -0.448. The molecule has 0 aliphatic heterocycles. The normalized spacial score (nSPS) is 13.1. The van der Waals surface area contributed by atoms with E-state index in [9.17, 15) is 4.79 Å². The van der Waals surface area contributed by atoms with Gasteiger partial charge in [-0.2, -0.15) is 15.1 Å². The molecule has 0 amide bonds. The Kier molecular flexibility index (Phi) is 6.10. The van der Waals surface area contributed by atoms with E-state index in [4.69, 9.17) is 14.5 Å². The topological polar surface area (TPSA) is 97.0 Å². The highest BCUT2D eigenvalue weighted by Crippen LogP contribution is 2.40. The molecule has 1 aliphatic carbocycles. The van der Waals surface area contributed by atoms with Crippen molar-refractivity contribution in [2.45, 2.75) is 38.8 Å². The second-order valence-electron chi connectivity index (χ2n) is 9.06. The molecule has 9 nitrogen and oxygen atoms in total. The van der Waals surface area contributed by atoms with Crippen LogP contribution in [-0.2, 0) is 17.9 Å². The lowest BCUT2D eigenvalue weighted by atomic mass is 10.1. The lowest BCUT2D eigenvalue weighted by Gasteiger charge is -2.10. The molecule has 9 heteroatoms. The van der Waals surface area contributed by atoms with Crippen LogP contribution in [0.5, 0.6) is 5.88 Å². The standard InChI is InChI=1S/C28H26N6O3/c1-2-36-27(35)23-14-30-34(16-23)28-31-25-24(26(32-28)37-17-19-7-4-3-5-8-19)29-18-33(25)15-20-9-6-10-22(13-20)21-11-12-21/h3-10,13-14,16,18,21H,2,11-12,15,17H2,1H3. The van der Waals surface area contributed by atoms with E-state index in [-0.39, 0.29) is 12.6 Å². The van der Waals surface area contributed by atoms with Crippen molar-refractivity contribution >= 4 is 17.1 Å². The first-order valence-corrected chi connectivity index (χ1v) is 12.4. The van der Waals surface area contributed by atoms with E-state index in [2.05, 4.69) is 39.3 Å². The molecule has 0 spiro atoms. The van der Waals surface area contributed by atoms with Crippen LogP contribution in [0.4, 0.5) is 0 Å². The summed E-state index contributed by atoms with van der Waals surface area (Å²) in [4.78, 5) is 26.1. The van der Waals surface area contributed by atoms with E-state index in [1.807, 2.05) is 34.9 Å². The summed E-state index contributed by atoms with van der Waals surface area (Å²) in [5.41, 5.74) is 5.08. The van der Waals surface area contributed by atoms with Crippen LogP contribution in [0.2, 0.25) is 0 Å². The molecule has 0 unspecified atom stereocenters. The molecule has 2 aromatic carbocycles. The van der Waals surface area contributed by atoms with Crippen LogP contribution >= 0.6 is 0 Å². The van der Waals surface area contributed by atoms with Crippen LogP contribution in [0.3, 0.4) is 0 Å². The number of imidazole rings is 1. The van der Waals surface area contributed by atoms with E-state index < -0.39 is 5.97 Å². The van der Waals surface area contributed by atoms with Gasteiger partial charge in [0.1, 0.15) is 6.61 Å². The molecule has 3 heterocycles. The molecule has 1 fully saturated rings. The fourth-order valence-corrected chi connectivity index (χ4v) is 4.26. The summed E-state index contributed by atoms with van der Waals surface area (Å²) in [6.07, 6.45) is 7.27. The molecule has 37 heavy (non-hydrogen) atoms. The Balaban J connectivity index is 1.37. The number of benzene rings is 2. The number of hydrogen-bond donors (Lipinski definition) is 0. The quantitative estimate of drug-likeness (QED) is 0.274. The molecule has 3 aromatic heterocycles. The molecule has 186 valence electrons. The molecule has 0 saturated heterocycles. The van der Waals surface area contributed by atoms with Gasteiger partial charge in [0.25, 0.3) is 5.95 Å². The molecular formula is C28H26N6O3. The third-order valence-corrected chi connectivity index (χ3v) is 6.29. The summed E-state index contributed by atoms with van der Waals surface area (Å²) in [6, 6.07) is 18.6. The molecule has 0 bridgehead atoms. The highest BCUT2D eigenvalue weighted by molar-refractivity contribution is 5.88. The third-order valence-electron chi connectivity index (χ3n) is 6.29. The summed E-state index contributed by atoms with van der Waals surface area (Å²) in [5.74, 6) is 0.859. The van der Waals surface area contributed by atoms with Crippen LogP contribution < -0.4 is 4.74 Å². The first-order chi connectivity index (χ1) is 18.2. The van der Waals surface area contributed by atoms with Gasteiger partial charge in [0, 0.05) is 6.20 Å². The van der Waals surface area contributed by atoms with Crippen molar-refractivity contribution in [3.05, 3.63) is 95.6 Å². The zero-order valence-electron chi connectivity index (χ0n) is 20.4.